The largest absolute Gasteiger partial charge is 0.385 e. The lowest BCUT2D eigenvalue weighted by molar-refractivity contribution is 0.186. The summed E-state index contributed by atoms with van der Waals surface area (Å²) in [6.07, 6.45) is 2.55. The number of benzene rings is 1. The van der Waals surface area contributed by atoms with Gasteiger partial charge in [0.15, 0.2) is 11.6 Å². The van der Waals surface area contributed by atoms with Crippen LogP contribution in [0.2, 0.25) is 0 Å². The molecule has 31 heavy (non-hydrogen) atoms. The van der Waals surface area contributed by atoms with Gasteiger partial charge in [-0.1, -0.05) is 12.1 Å². The minimum atomic E-state index is -0.724. The van der Waals surface area contributed by atoms with E-state index in [4.69, 9.17) is 15.0 Å². The van der Waals surface area contributed by atoms with Gasteiger partial charge in [-0.05, 0) is 45.2 Å². The highest BCUT2D eigenvalue weighted by molar-refractivity contribution is 5.76. The Bertz CT molecular complexity index is 1300. The van der Waals surface area contributed by atoms with E-state index < -0.39 is 6.10 Å². The zero-order valence-electron chi connectivity index (χ0n) is 17.9. The van der Waals surface area contributed by atoms with Crippen molar-refractivity contribution in [1.82, 2.24) is 34.3 Å². The molecule has 0 aliphatic heterocycles. The van der Waals surface area contributed by atoms with Crippen molar-refractivity contribution in [3.05, 3.63) is 59.3 Å². The van der Waals surface area contributed by atoms with Crippen molar-refractivity contribution >= 4 is 11.0 Å². The summed E-state index contributed by atoms with van der Waals surface area (Å²) in [6.45, 7) is 3.53. The summed E-state index contributed by atoms with van der Waals surface area (Å²) in [5.41, 5.74) is 3.23. The number of aliphatic hydroxyl groups excluding tert-OH is 1. The Hall–Kier alpha value is -3.13. The Labute approximate surface area is 180 Å². The monoisotopic (exact) mass is 415 g/mol. The molecule has 2 saturated carbocycles. The van der Waals surface area contributed by atoms with Crippen LogP contribution in [0, 0.1) is 6.92 Å². The highest BCUT2D eigenvalue weighted by atomic mass is 16.3. The molecule has 0 amide bonds. The van der Waals surface area contributed by atoms with E-state index >= 15 is 0 Å². The van der Waals surface area contributed by atoms with E-state index in [1.807, 2.05) is 19.1 Å². The van der Waals surface area contributed by atoms with Gasteiger partial charge in [-0.2, -0.15) is 4.68 Å². The van der Waals surface area contributed by atoms with Crippen molar-refractivity contribution < 1.29 is 5.11 Å². The smallest absolute Gasteiger partial charge is 0.162 e. The van der Waals surface area contributed by atoms with Gasteiger partial charge >= 0.3 is 0 Å². The van der Waals surface area contributed by atoms with E-state index in [9.17, 15) is 5.11 Å². The molecule has 3 aromatic heterocycles. The van der Waals surface area contributed by atoms with Crippen LogP contribution in [0.25, 0.3) is 16.9 Å². The molecule has 8 heteroatoms. The van der Waals surface area contributed by atoms with E-state index in [0.29, 0.717) is 35.2 Å². The lowest BCUT2D eigenvalue weighted by atomic mass is 10.2. The van der Waals surface area contributed by atoms with Crippen LogP contribution >= 0.6 is 0 Å². The van der Waals surface area contributed by atoms with Crippen molar-refractivity contribution in [2.45, 2.75) is 57.0 Å². The highest BCUT2D eigenvalue weighted by Crippen LogP contribution is 2.54. The van der Waals surface area contributed by atoms with Crippen molar-refractivity contribution in [2.24, 2.45) is 7.05 Å². The normalized spacial score (nSPS) is 21.5. The lowest BCUT2D eigenvalue weighted by Gasteiger charge is -2.11. The summed E-state index contributed by atoms with van der Waals surface area (Å²) >= 11 is 0. The Morgan fingerprint density at radius 1 is 1.06 bits per heavy atom. The van der Waals surface area contributed by atoms with Crippen LogP contribution in [0.5, 0.6) is 0 Å². The molecule has 1 unspecified atom stereocenters. The average molecular weight is 416 g/mol. The number of hydrogen-bond acceptors (Lipinski definition) is 6. The second-order valence-corrected chi connectivity index (χ2v) is 8.85. The standard InChI is InChI=1S/C23H25N7O/c1-12(31)22-24-13(2)28-30(22)20-11-18(25-21(27-20)14-8-9-14)15-10-16(15)23-26-17-6-4-5-7-19(17)29(23)3/h4-7,11-12,14-16,31H,8-10H2,1-3H3/t12-,15+,16?/m0/s1. The van der Waals surface area contributed by atoms with Crippen LogP contribution in [0.4, 0.5) is 0 Å². The fraction of sp³-hybridized carbons (Fsp3) is 0.435. The number of aliphatic hydroxyl groups is 1. The summed E-state index contributed by atoms with van der Waals surface area (Å²) < 4.78 is 3.87. The van der Waals surface area contributed by atoms with Crippen LogP contribution in [-0.4, -0.2) is 39.4 Å². The van der Waals surface area contributed by atoms with Gasteiger partial charge in [0.05, 0.1) is 16.7 Å². The third kappa shape index (κ3) is 3.13. The van der Waals surface area contributed by atoms with Gasteiger partial charge in [0.1, 0.15) is 23.6 Å². The number of fused-ring (bicyclic) bond motifs is 1. The first-order valence-corrected chi connectivity index (χ1v) is 10.9. The molecule has 0 saturated heterocycles. The Balaban J connectivity index is 1.40. The van der Waals surface area contributed by atoms with E-state index in [1.165, 1.54) is 0 Å². The fourth-order valence-corrected chi connectivity index (χ4v) is 4.47. The number of aryl methyl sites for hydroxylation is 2. The van der Waals surface area contributed by atoms with E-state index in [1.54, 1.807) is 11.6 Å². The lowest BCUT2D eigenvalue weighted by Crippen LogP contribution is -2.11. The topological polar surface area (TPSA) is 94.5 Å². The third-order valence-electron chi connectivity index (χ3n) is 6.34. The van der Waals surface area contributed by atoms with Gasteiger partial charge < -0.3 is 9.67 Å². The summed E-state index contributed by atoms with van der Waals surface area (Å²) in [5, 5.41) is 14.7. The number of nitrogens with zero attached hydrogens (tertiary/aromatic N) is 7. The van der Waals surface area contributed by atoms with E-state index in [-0.39, 0.29) is 0 Å². The molecule has 6 rings (SSSR count). The van der Waals surface area contributed by atoms with Crippen LogP contribution in [0.3, 0.4) is 0 Å². The van der Waals surface area contributed by atoms with Crippen LogP contribution in [-0.2, 0) is 7.05 Å². The minimum Gasteiger partial charge on any atom is -0.385 e. The molecule has 3 heterocycles. The molecule has 8 nitrogen and oxygen atoms in total. The second kappa shape index (κ2) is 6.68. The van der Waals surface area contributed by atoms with Gasteiger partial charge in [-0.15, -0.1) is 5.10 Å². The SMILES string of the molecule is Cc1nc([C@H](C)O)n(-c2cc([C@@H]3CC3c3nc4ccccc4n3C)nc(C3CC3)n2)n1. The number of rotatable bonds is 5. The minimum absolute atomic E-state index is 0.314. The van der Waals surface area contributed by atoms with E-state index in [2.05, 4.69) is 39.9 Å². The summed E-state index contributed by atoms with van der Waals surface area (Å²) in [6, 6.07) is 10.3. The number of para-hydroxylation sites is 2. The maximum atomic E-state index is 10.2. The van der Waals surface area contributed by atoms with Crippen molar-refractivity contribution in [3.63, 3.8) is 0 Å². The first-order chi connectivity index (χ1) is 15.0. The molecule has 4 aromatic rings. The van der Waals surface area contributed by atoms with Crippen LogP contribution < -0.4 is 0 Å². The first-order valence-electron chi connectivity index (χ1n) is 10.9. The number of aromatic nitrogens is 7. The van der Waals surface area contributed by atoms with E-state index in [0.717, 1.165) is 47.6 Å². The molecule has 1 N–H and O–H groups in total. The molecule has 2 aliphatic rings. The Morgan fingerprint density at radius 3 is 2.61 bits per heavy atom. The molecule has 2 aliphatic carbocycles. The molecule has 2 fully saturated rings. The van der Waals surface area contributed by atoms with Gasteiger partial charge in [0.25, 0.3) is 0 Å². The molecule has 0 bridgehead atoms. The zero-order chi connectivity index (χ0) is 21.3. The quantitative estimate of drug-likeness (QED) is 0.536. The highest BCUT2D eigenvalue weighted by Gasteiger charge is 2.44. The Morgan fingerprint density at radius 2 is 1.87 bits per heavy atom. The van der Waals surface area contributed by atoms with Gasteiger partial charge in [0, 0.05) is 30.9 Å². The van der Waals surface area contributed by atoms with Crippen molar-refractivity contribution in [2.75, 3.05) is 0 Å². The Kier molecular flexibility index (Phi) is 4.02. The molecule has 3 atom stereocenters. The van der Waals surface area contributed by atoms with Gasteiger partial charge in [-0.3, -0.25) is 0 Å². The van der Waals surface area contributed by atoms with Gasteiger partial charge in [-0.25, -0.2) is 19.9 Å². The second-order valence-electron chi connectivity index (χ2n) is 8.85. The van der Waals surface area contributed by atoms with Crippen molar-refractivity contribution in [3.8, 4) is 5.82 Å². The van der Waals surface area contributed by atoms with Crippen LogP contribution in [0.1, 0.15) is 79.0 Å². The molecule has 0 radical (unpaired) electrons. The summed E-state index contributed by atoms with van der Waals surface area (Å²) in [7, 11) is 2.09. The fourth-order valence-electron chi connectivity index (χ4n) is 4.47. The summed E-state index contributed by atoms with van der Waals surface area (Å²) in [4.78, 5) is 19.0. The van der Waals surface area contributed by atoms with Crippen molar-refractivity contribution in [1.29, 1.82) is 0 Å². The average Bonchev–Trinajstić information content (AvgIpc) is 3.68. The molecular weight excluding hydrogens is 390 g/mol. The predicted octanol–water partition coefficient (Wildman–Crippen LogP) is 3.45. The molecule has 1 aromatic carbocycles. The maximum Gasteiger partial charge on any atom is 0.162 e. The molecule has 0 spiro atoms. The molecular formula is C23H25N7O. The number of hydrogen-bond donors (Lipinski definition) is 1. The number of imidazole rings is 1. The zero-order valence-corrected chi connectivity index (χ0v) is 17.9. The van der Waals surface area contributed by atoms with Gasteiger partial charge in [0.2, 0.25) is 0 Å². The summed E-state index contributed by atoms with van der Waals surface area (Å²) in [5.74, 6) is 4.90. The maximum absolute atomic E-state index is 10.2. The predicted molar refractivity (Wildman–Crippen MR) is 115 cm³/mol. The third-order valence-corrected chi connectivity index (χ3v) is 6.34. The molecule has 158 valence electrons. The first kappa shape index (κ1) is 18.6. The van der Waals surface area contributed by atoms with Crippen LogP contribution in [0.15, 0.2) is 30.3 Å².